The molecule has 24 heavy (non-hydrogen) atoms. The van der Waals surface area contributed by atoms with Gasteiger partial charge in [-0.3, -0.25) is 9.48 Å². The number of nitrogens with zero attached hydrogens (tertiary/aromatic N) is 5. The first-order chi connectivity index (χ1) is 11.6. The van der Waals surface area contributed by atoms with Gasteiger partial charge < -0.3 is 4.98 Å². The van der Waals surface area contributed by atoms with Crippen LogP contribution in [0.2, 0.25) is 0 Å². The molecular formula is C17H20N6O. The number of aromatic nitrogens is 5. The first kappa shape index (κ1) is 16.0. The number of nitrogens with one attached hydrogen (secondary N) is 1. The van der Waals surface area contributed by atoms with Crippen molar-refractivity contribution in [2.75, 3.05) is 0 Å². The Kier molecular flexibility index (Phi) is 4.21. The predicted octanol–water partition coefficient (Wildman–Crippen LogP) is 2.68. The molecule has 0 atom stereocenters. The lowest BCUT2D eigenvalue weighted by atomic mass is 10.00. The quantitative estimate of drug-likeness (QED) is 0.781. The van der Waals surface area contributed by atoms with E-state index in [9.17, 15) is 10.1 Å². The van der Waals surface area contributed by atoms with Crippen molar-refractivity contribution in [3.05, 3.63) is 40.1 Å². The molecule has 3 rings (SSSR count). The number of hydrogen-bond acceptors (Lipinski definition) is 4. The number of aryl methyl sites for hydroxylation is 1. The molecule has 0 radical (unpaired) electrons. The highest BCUT2D eigenvalue weighted by atomic mass is 16.1. The molecule has 0 aliphatic heterocycles. The lowest BCUT2D eigenvalue weighted by Gasteiger charge is -2.11. The molecule has 0 unspecified atom stereocenters. The van der Waals surface area contributed by atoms with E-state index in [4.69, 9.17) is 0 Å². The molecule has 124 valence electrons. The molecule has 0 aliphatic rings. The third kappa shape index (κ3) is 2.60. The molecule has 7 heteroatoms. The Morgan fingerprint density at radius 3 is 2.79 bits per heavy atom. The van der Waals surface area contributed by atoms with Crippen molar-refractivity contribution < 1.29 is 0 Å². The highest BCUT2D eigenvalue weighted by Gasteiger charge is 2.20. The summed E-state index contributed by atoms with van der Waals surface area (Å²) in [5, 5.41) is 17.6. The van der Waals surface area contributed by atoms with E-state index < -0.39 is 0 Å². The van der Waals surface area contributed by atoms with E-state index in [0.717, 1.165) is 24.9 Å². The summed E-state index contributed by atoms with van der Waals surface area (Å²) in [5.74, 6) is 0.0156. The number of rotatable bonds is 5. The van der Waals surface area contributed by atoms with E-state index in [1.807, 2.05) is 24.7 Å². The van der Waals surface area contributed by atoms with E-state index in [2.05, 4.69) is 28.2 Å². The van der Waals surface area contributed by atoms with Gasteiger partial charge in [0.15, 0.2) is 5.65 Å². The van der Waals surface area contributed by atoms with Gasteiger partial charge in [-0.1, -0.05) is 27.2 Å². The molecule has 0 fully saturated rings. The molecule has 3 heterocycles. The van der Waals surface area contributed by atoms with Gasteiger partial charge in [-0.2, -0.15) is 20.0 Å². The SMILES string of the molecule is CCCCn1cc(-c2[nH]c3c(C#N)cnn3c(=O)c2C(C)C)cn1. The zero-order valence-corrected chi connectivity index (χ0v) is 14.1. The van der Waals surface area contributed by atoms with Gasteiger partial charge in [0.1, 0.15) is 11.6 Å². The van der Waals surface area contributed by atoms with Crippen LogP contribution in [0.25, 0.3) is 16.9 Å². The lowest BCUT2D eigenvalue weighted by molar-refractivity contribution is 0.572. The molecule has 0 amide bonds. The zero-order valence-electron chi connectivity index (χ0n) is 14.1. The summed E-state index contributed by atoms with van der Waals surface area (Å²) in [6, 6.07) is 2.06. The fraction of sp³-hybridized carbons (Fsp3) is 0.412. The van der Waals surface area contributed by atoms with Crippen LogP contribution < -0.4 is 5.56 Å². The lowest BCUT2D eigenvalue weighted by Crippen LogP contribution is -2.22. The third-order valence-corrected chi connectivity index (χ3v) is 4.07. The first-order valence-corrected chi connectivity index (χ1v) is 8.13. The van der Waals surface area contributed by atoms with Gasteiger partial charge in [-0.05, 0) is 12.3 Å². The van der Waals surface area contributed by atoms with Crippen molar-refractivity contribution in [2.45, 2.75) is 46.1 Å². The second-order valence-corrected chi connectivity index (χ2v) is 6.15. The highest BCUT2D eigenvalue weighted by Crippen LogP contribution is 2.25. The summed E-state index contributed by atoms with van der Waals surface area (Å²) >= 11 is 0. The van der Waals surface area contributed by atoms with Crippen LogP contribution in [0.15, 0.2) is 23.4 Å². The second kappa shape index (κ2) is 6.32. The van der Waals surface area contributed by atoms with Crippen LogP contribution in [0.5, 0.6) is 0 Å². The van der Waals surface area contributed by atoms with E-state index in [0.29, 0.717) is 22.5 Å². The molecule has 0 bridgehead atoms. The van der Waals surface area contributed by atoms with Crippen molar-refractivity contribution in [2.24, 2.45) is 0 Å². The van der Waals surface area contributed by atoms with Gasteiger partial charge >= 0.3 is 0 Å². The standard InChI is InChI=1S/C17H20N6O/c1-4-5-6-22-10-13(9-19-22)15-14(11(2)3)17(24)23-16(21-15)12(7-18)8-20-23/h8-11,21H,4-6H2,1-3H3. The van der Waals surface area contributed by atoms with Crippen molar-refractivity contribution in [3.63, 3.8) is 0 Å². The van der Waals surface area contributed by atoms with Gasteiger partial charge in [0.05, 0.1) is 18.1 Å². The average Bonchev–Trinajstić information content (AvgIpc) is 3.18. The number of hydrogen-bond donors (Lipinski definition) is 1. The number of unbranched alkanes of at least 4 members (excludes halogenated alkanes) is 1. The number of fused-ring (bicyclic) bond motifs is 1. The minimum absolute atomic E-state index is 0.0156. The smallest absolute Gasteiger partial charge is 0.278 e. The number of nitriles is 1. The second-order valence-electron chi connectivity index (χ2n) is 6.15. The van der Waals surface area contributed by atoms with E-state index in [1.54, 1.807) is 6.20 Å². The van der Waals surface area contributed by atoms with Crippen LogP contribution in [0.4, 0.5) is 0 Å². The van der Waals surface area contributed by atoms with Gasteiger partial charge in [0, 0.05) is 23.9 Å². The van der Waals surface area contributed by atoms with Crippen LogP contribution in [0.3, 0.4) is 0 Å². The maximum absolute atomic E-state index is 12.8. The topological polar surface area (TPSA) is 91.8 Å². The molecular weight excluding hydrogens is 304 g/mol. The summed E-state index contributed by atoms with van der Waals surface area (Å²) in [6.45, 7) is 6.91. The van der Waals surface area contributed by atoms with Crippen LogP contribution in [0.1, 0.15) is 50.7 Å². The molecule has 3 aromatic heterocycles. The van der Waals surface area contributed by atoms with Crippen LogP contribution in [-0.2, 0) is 6.54 Å². The van der Waals surface area contributed by atoms with E-state index >= 15 is 0 Å². The Morgan fingerprint density at radius 1 is 1.33 bits per heavy atom. The maximum atomic E-state index is 12.8. The monoisotopic (exact) mass is 324 g/mol. The highest BCUT2D eigenvalue weighted by molar-refractivity contribution is 5.67. The van der Waals surface area contributed by atoms with E-state index in [-0.39, 0.29) is 11.5 Å². The summed E-state index contributed by atoms with van der Waals surface area (Å²) < 4.78 is 3.14. The van der Waals surface area contributed by atoms with Crippen LogP contribution in [0, 0.1) is 11.3 Å². The van der Waals surface area contributed by atoms with Gasteiger partial charge in [0.25, 0.3) is 5.56 Å². The first-order valence-electron chi connectivity index (χ1n) is 8.13. The molecule has 0 spiro atoms. The minimum atomic E-state index is -0.198. The van der Waals surface area contributed by atoms with Crippen molar-refractivity contribution in [3.8, 4) is 17.3 Å². The van der Waals surface area contributed by atoms with Gasteiger partial charge in [-0.15, -0.1) is 0 Å². The molecule has 7 nitrogen and oxygen atoms in total. The molecule has 1 N–H and O–H groups in total. The Morgan fingerprint density at radius 2 is 2.12 bits per heavy atom. The Bertz CT molecular complexity index is 969. The van der Waals surface area contributed by atoms with Crippen molar-refractivity contribution in [1.29, 1.82) is 5.26 Å². The Labute approximate surface area is 139 Å². The molecule has 0 aliphatic carbocycles. The predicted molar refractivity (Wildman–Crippen MR) is 90.7 cm³/mol. The van der Waals surface area contributed by atoms with Gasteiger partial charge in [0.2, 0.25) is 0 Å². The Hall–Kier alpha value is -2.88. The molecule has 3 aromatic rings. The van der Waals surface area contributed by atoms with Crippen LogP contribution in [-0.4, -0.2) is 24.4 Å². The number of aromatic amines is 1. The number of H-pyrrole nitrogens is 1. The Balaban J connectivity index is 2.22. The zero-order chi connectivity index (χ0) is 17.3. The summed E-state index contributed by atoms with van der Waals surface area (Å²) in [6.07, 6.45) is 7.24. The largest absolute Gasteiger partial charge is 0.338 e. The van der Waals surface area contributed by atoms with Gasteiger partial charge in [-0.25, -0.2) is 0 Å². The fourth-order valence-electron chi connectivity index (χ4n) is 2.81. The fourth-order valence-corrected chi connectivity index (χ4v) is 2.81. The average molecular weight is 324 g/mol. The summed E-state index contributed by atoms with van der Waals surface area (Å²) in [7, 11) is 0. The summed E-state index contributed by atoms with van der Waals surface area (Å²) in [5.41, 5.74) is 2.77. The van der Waals surface area contributed by atoms with Crippen molar-refractivity contribution in [1.82, 2.24) is 24.4 Å². The summed E-state index contributed by atoms with van der Waals surface area (Å²) in [4.78, 5) is 16.0. The molecule has 0 saturated carbocycles. The van der Waals surface area contributed by atoms with E-state index in [1.165, 1.54) is 10.7 Å². The maximum Gasteiger partial charge on any atom is 0.278 e. The normalized spacial score (nSPS) is 11.3. The third-order valence-electron chi connectivity index (χ3n) is 4.07. The molecule has 0 aromatic carbocycles. The van der Waals surface area contributed by atoms with Crippen LogP contribution >= 0.6 is 0 Å². The minimum Gasteiger partial charge on any atom is -0.338 e. The van der Waals surface area contributed by atoms with Crippen molar-refractivity contribution >= 4 is 5.65 Å². The molecule has 0 saturated heterocycles.